The molecule has 0 saturated carbocycles. The number of esters is 1. The van der Waals surface area contributed by atoms with Gasteiger partial charge in [-0.3, -0.25) is 4.79 Å². The topological polar surface area (TPSA) is 26.3 Å². The Labute approximate surface area is 80.5 Å². The average Bonchev–Trinajstić information content (AvgIpc) is 2.12. The van der Waals surface area contributed by atoms with Gasteiger partial charge in [-0.25, -0.2) is 8.78 Å². The van der Waals surface area contributed by atoms with E-state index in [1.54, 1.807) is 0 Å². The van der Waals surface area contributed by atoms with E-state index in [2.05, 4.69) is 0 Å². The second kappa shape index (κ2) is 4.69. The molecule has 0 unspecified atom stereocenters. The van der Waals surface area contributed by atoms with Crippen LogP contribution in [0.25, 0.3) is 0 Å². The highest BCUT2D eigenvalue weighted by molar-refractivity contribution is 5.72. The van der Waals surface area contributed by atoms with Crippen LogP contribution < -0.4 is 4.74 Å². The Balaban J connectivity index is 2.68. The molecule has 0 saturated heterocycles. The molecular formula is C10H10F2O2. The van der Waals surface area contributed by atoms with Crippen LogP contribution in [0.4, 0.5) is 8.78 Å². The van der Waals surface area contributed by atoms with Crippen molar-refractivity contribution in [3.05, 3.63) is 29.8 Å². The zero-order valence-electron chi connectivity index (χ0n) is 7.72. The molecule has 2 nitrogen and oxygen atoms in total. The van der Waals surface area contributed by atoms with Gasteiger partial charge in [0.05, 0.1) is 0 Å². The van der Waals surface area contributed by atoms with Crippen LogP contribution in [0, 0.1) is 11.6 Å². The molecule has 0 bridgehead atoms. The predicted octanol–water partition coefficient (Wildman–Crippen LogP) is 2.67. The van der Waals surface area contributed by atoms with Crippen molar-refractivity contribution in [2.24, 2.45) is 0 Å². The van der Waals surface area contributed by atoms with Crippen molar-refractivity contribution in [1.82, 2.24) is 0 Å². The van der Waals surface area contributed by atoms with Crippen molar-refractivity contribution in [3.63, 3.8) is 0 Å². The second-order valence-corrected chi connectivity index (χ2v) is 2.80. The molecule has 0 aliphatic carbocycles. The third-order valence-electron chi connectivity index (χ3n) is 1.58. The standard InChI is InChI=1S/C10H10F2O2/c1-2-3-10(13)14-7-4-5-8(11)9(12)6-7/h4-6H,2-3H2,1H3. The van der Waals surface area contributed by atoms with E-state index in [0.717, 1.165) is 12.1 Å². The summed E-state index contributed by atoms with van der Waals surface area (Å²) in [4.78, 5) is 11.0. The molecule has 0 fully saturated rings. The Morgan fingerprint density at radius 1 is 1.36 bits per heavy atom. The highest BCUT2D eigenvalue weighted by Gasteiger charge is 2.06. The minimum atomic E-state index is -1.02. The molecule has 0 aliphatic heterocycles. The summed E-state index contributed by atoms with van der Waals surface area (Å²) >= 11 is 0. The number of rotatable bonds is 3. The van der Waals surface area contributed by atoms with Gasteiger partial charge in [0, 0.05) is 12.5 Å². The van der Waals surface area contributed by atoms with Crippen molar-refractivity contribution >= 4 is 5.97 Å². The van der Waals surface area contributed by atoms with E-state index >= 15 is 0 Å². The number of ether oxygens (including phenoxy) is 1. The summed E-state index contributed by atoms with van der Waals surface area (Å²) < 4.78 is 29.9. The lowest BCUT2D eigenvalue weighted by molar-refractivity contribution is -0.134. The molecule has 0 atom stereocenters. The zero-order valence-corrected chi connectivity index (χ0v) is 7.72. The lowest BCUT2D eigenvalue weighted by Gasteiger charge is -2.02. The number of carbonyl (C=O) groups is 1. The normalized spacial score (nSPS) is 9.93. The number of halogens is 2. The highest BCUT2D eigenvalue weighted by Crippen LogP contribution is 2.15. The van der Waals surface area contributed by atoms with Crippen LogP contribution in [-0.2, 0) is 4.79 Å². The summed E-state index contributed by atoms with van der Waals surface area (Å²) in [6.07, 6.45) is 0.918. The highest BCUT2D eigenvalue weighted by atomic mass is 19.2. The van der Waals surface area contributed by atoms with E-state index in [0.29, 0.717) is 6.42 Å². The monoisotopic (exact) mass is 200 g/mol. The molecular weight excluding hydrogens is 190 g/mol. The number of hydrogen-bond acceptors (Lipinski definition) is 2. The summed E-state index contributed by atoms with van der Waals surface area (Å²) in [5.41, 5.74) is 0. The summed E-state index contributed by atoms with van der Waals surface area (Å²) in [5.74, 6) is -2.40. The smallest absolute Gasteiger partial charge is 0.311 e. The van der Waals surface area contributed by atoms with Gasteiger partial charge in [0.25, 0.3) is 0 Å². The van der Waals surface area contributed by atoms with Gasteiger partial charge in [0.15, 0.2) is 11.6 Å². The fourth-order valence-corrected chi connectivity index (χ4v) is 0.927. The molecule has 0 aliphatic rings. The molecule has 14 heavy (non-hydrogen) atoms. The van der Waals surface area contributed by atoms with E-state index < -0.39 is 17.6 Å². The maximum absolute atomic E-state index is 12.6. The third-order valence-corrected chi connectivity index (χ3v) is 1.58. The molecule has 0 heterocycles. The minimum Gasteiger partial charge on any atom is -0.426 e. The fraction of sp³-hybridized carbons (Fsp3) is 0.300. The molecule has 1 rings (SSSR count). The second-order valence-electron chi connectivity index (χ2n) is 2.80. The molecule has 0 amide bonds. The molecule has 0 aromatic heterocycles. The molecule has 0 N–H and O–H groups in total. The molecule has 76 valence electrons. The van der Waals surface area contributed by atoms with Crippen molar-refractivity contribution in [2.45, 2.75) is 19.8 Å². The van der Waals surface area contributed by atoms with Crippen LogP contribution in [0.3, 0.4) is 0 Å². The minimum absolute atomic E-state index is 0.0300. The van der Waals surface area contributed by atoms with Gasteiger partial charge in [-0.1, -0.05) is 6.92 Å². The predicted molar refractivity (Wildman–Crippen MR) is 46.9 cm³/mol. The average molecular weight is 200 g/mol. The third kappa shape index (κ3) is 2.80. The van der Waals surface area contributed by atoms with Gasteiger partial charge in [-0.05, 0) is 18.6 Å². The first-order valence-electron chi connectivity index (χ1n) is 4.29. The molecule has 0 spiro atoms. The summed E-state index contributed by atoms with van der Waals surface area (Å²) in [6, 6.07) is 2.98. The molecule has 0 radical (unpaired) electrons. The van der Waals surface area contributed by atoms with Crippen molar-refractivity contribution < 1.29 is 18.3 Å². The summed E-state index contributed by atoms with van der Waals surface area (Å²) in [6.45, 7) is 1.83. The van der Waals surface area contributed by atoms with Gasteiger partial charge in [-0.15, -0.1) is 0 Å². The SMILES string of the molecule is CCCC(=O)Oc1ccc(F)c(F)c1. The van der Waals surface area contributed by atoms with Gasteiger partial charge >= 0.3 is 5.97 Å². The van der Waals surface area contributed by atoms with Crippen LogP contribution in [0.15, 0.2) is 18.2 Å². The van der Waals surface area contributed by atoms with Crippen LogP contribution in [0.5, 0.6) is 5.75 Å². The Hall–Kier alpha value is -1.45. The Morgan fingerprint density at radius 3 is 2.64 bits per heavy atom. The van der Waals surface area contributed by atoms with Gasteiger partial charge in [0.2, 0.25) is 0 Å². The first-order chi connectivity index (χ1) is 6.63. The summed E-state index contributed by atoms with van der Waals surface area (Å²) in [5, 5.41) is 0. The molecule has 1 aromatic carbocycles. The van der Waals surface area contributed by atoms with Crippen molar-refractivity contribution in [2.75, 3.05) is 0 Å². The van der Waals surface area contributed by atoms with Gasteiger partial charge in [0.1, 0.15) is 5.75 Å². The van der Waals surface area contributed by atoms with E-state index in [1.807, 2.05) is 6.92 Å². The Bertz CT molecular complexity index is 337. The maximum Gasteiger partial charge on any atom is 0.311 e. The first-order valence-corrected chi connectivity index (χ1v) is 4.29. The zero-order chi connectivity index (χ0) is 10.6. The van der Waals surface area contributed by atoms with Crippen LogP contribution in [0.2, 0.25) is 0 Å². The number of carbonyl (C=O) groups excluding carboxylic acids is 1. The lowest BCUT2D eigenvalue weighted by Crippen LogP contribution is -2.07. The van der Waals surface area contributed by atoms with Gasteiger partial charge in [-0.2, -0.15) is 0 Å². The molecule has 4 heteroatoms. The molecule has 1 aromatic rings. The largest absolute Gasteiger partial charge is 0.426 e. The van der Waals surface area contributed by atoms with E-state index in [-0.39, 0.29) is 12.2 Å². The fourth-order valence-electron chi connectivity index (χ4n) is 0.927. The van der Waals surface area contributed by atoms with E-state index in [9.17, 15) is 13.6 Å². The lowest BCUT2D eigenvalue weighted by atomic mass is 10.3. The van der Waals surface area contributed by atoms with Crippen molar-refractivity contribution in [3.8, 4) is 5.75 Å². The number of benzene rings is 1. The van der Waals surface area contributed by atoms with Crippen molar-refractivity contribution in [1.29, 1.82) is 0 Å². The van der Waals surface area contributed by atoms with Gasteiger partial charge < -0.3 is 4.74 Å². The Kier molecular flexibility index (Phi) is 3.56. The van der Waals surface area contributed by atoms with E-state index in [4.69, 9.17) is 4.74 Å². The van der Waals surface area contributed by atoms with Crippen LogP contribution in [0.1, 0.15) is 19.8 Å². The number of hydrogen-bond donors (Lipinski definition) is 0. The van der Waals surface area contributed by atoms with Crippen LogP contribution >= 0.6 is 0 Å². The quantitative estimate of drug-likeness (QED) is 0.553. The van der Waals surface area contributed by atoms with E-state index in [1.165, 1.54) is 6.07 Å². The maximum atomic E-state index is 12.6. The Morgan fingerprint density at radius 2 is 2.07 bits per heavy atom. The summed E-state index contributed by atoms with van der Waals surface area (Å²) in [7, 11) is 0. The van der Waals surface area contributed by atoms with Crippen LogP contribution in [-0.4, -0.2) is 5.97 Å². The first kappa shape index (κ1) is 10.6.